The highest BCUT2D eigenvalue weighted by molar-refractivity contribution is 6.31. The number of hydrogen-bond donors (Lipinski definition) is 2. The Morgan fingerprint density at radius 3 is 2.77 bits per heavy atom. The number of ether oxygens (including phenoxy) is 1. The van der Waals surface area contributed by atoms with E-state index in [1.807, 2.05) is 25.1 Å². The number of nitrogens with one attached hydrogen (secondary N) is 1. The monoisotopic (exact) mass is 376 g/mol. The van der Waals surface area contributed by atoms with E-state index >= 15 is 0 Å². The van der Waals surface area contributed by atoms with Crippen molar-refractivity contribution in [3.8, 4) is 0 Å². The molecule has 2 N–H and O–H groups in total. The smallest absolute Gasteiger partial charge is 0.412 e. The zero-order valence-corrected chi connectivity index (χ0v) is 16.0. The molecule has 1 atom stereocenters. The molecular formula is C20H25ClN2O3. The number of H-pyrrole nitrogens is 1. The molecule has 6 heteroatoms. The van der Waals surface area contributed by atoms with Gasteiger partial charge in [0.05, 0.1) is 0 Å². The number of rotatable bonds is 3. The van der Waals surface area contributed by atoms with Crippen LogP contribution in [0.5, 0.6) is 0 Å². The highest BCUT2D eigenvalue weighted by Crippen LogP contribution is 2.47. The number of fused-ring (bicyclic) bond motifs is 1. The van der Waals surface area contributed by atoms with E-state index in [2.05, 4.69) is 4.98 Å². The van der Waals surface area contributed by atoms with Gasteiger partial charge in [0.1, 0.15) is 0 Å². The Morgan fingerprint density at radius 1 is 1.31 bits per heavy atom. The number of carbonyl (C=O) groups is 1. The minimum atomic E-state index is -1.28. The summed E-state index contributed by atoms with van der Waals surface area (Å²) in [7, 11) is 0. The molecule has 1 aromatic carbocycles. The molecule has 1 aromatic heterocycles. The van der Waals surface area contributed by atoms with Gasteiger partial charge >= 0.3 is 6.09 Å². The van der Waals surface area contributed by atoms with Gasteiger partial charge in [-0.25, -0.2) is 4.79 Å². The Bertz CT molecular complexity index is 852. The van der Waals surface area contributed by atoms with Crippen LogP contribution in [0.3, 0.4) is 0 Å². The van der Waals surface area contributed by atoms with E-state index in [0.717, 1.165) is 54.3 Å². The summed E-state index contributed by atoms with van der Waals surface area (Å²) >= 11 is 6.15. The van der Waals surface area contributed by atoms with Gasteiger partial charge in [0, 0.05) is 28.2 Å². The summed E-state index contributed by atoms with van der Waals surface area (Å²) in [4.78, 5) is 17.4. The summed E-state index contributed by atoms with van der Waals surface area (Å²) < 4.78 is 5.73. The van der Waals surface area contributed by atoms with Crippen LogP contribution in [0.15, 0.2) is 18.2 Å². The van der Waals surface area contributed by atoms with E-state index < -0.39 is 17.4 Å². The Balaban J connectivity index is 1.59. The van der Waals surface area contributed by atoms with Crippen LogP contribution in [-0.2, 0) is 11.2 Å². The molecule has 140 valence electrons. The fourth-order valence-electron chi connectivity index (χ4n) is 4.65. The molecule has 1 spiro atoms. The summed E-state index contributed by atoms with van der Waals surface area (Å²) in [5, 5.41) is 13.0. The van der Waals surface area contributed by atoms with Crippen LogP contribution < -0.4 is 0 Å². The van der Waals surface area contributed by atoms with Crippen molar-refractivity contribution in [1.82, 2.24) is 9.88 Å². The largest absolute Gasteiger partial charge is 0.438 e. The Kier molecular flexibility index (Phi) is 4.20. The van der Waals surface area contributed by atoms with Crippen molar-refractivity contribution in [2.75, 3.05) is 6.54 Å². The average Bonchev–Trinajstić information content (AvgIpc) is 2.98. The Labute approximate surface area is 158 Å². The number of amides is 1. The minimum absolute atomic E-state index is 0.410. The number of carbonyl (C=O) groups excluding carboxylic acids is 1. The number of hydrogen-bond acceptors (Lipinski definition) is 3. The second kappa shape index (κ2) is 6.17. The summed E-state index contributed by atoms with van der Waals surface area (Å²) in [6, 6.07) is 5.77. The molecule has 2 aliphatic rings. The summed E-state index contributed by atoms with van der Waals surface area (Å²) in [5.74, 6) is 0. The number of aromatic nitrogens is 1. The molecule has 1 saturated heterocycles. The average molecular weight is 377 g/mol. The third-order valence-electron chi connectivity index (χ3n) is 6.22. The molecule has 1 aliphatic carbocycles. The van der Waals surface area contributed by atoms with Gasteiger partial charge in [-0.15, -0.1) is 0 Å². The molecule has 2 heterocycles. The van der Waals surface area contributed by atoms with E-state index in [1.165, 1.54) is 4.90 Å². The van der Waals surface area contributed by atoms with E-state index in [1.54, 1.807) is 6.92 Å². The van der Waals surface area contributed by atoms with E-state index in [9.17, 15) is 9.90 Å². The predicted molar refractivity (Wildman–Crippen MR) is 101 cm³/mol. The van der Waals surface area contributed by atoms with Gasteiger partial charge in [0.15, 0.2) is 11.3 Å². The van der Waals surface area contributed by atoms with Gasteiger partial charge in [-0.05, 0) is 69.7 Å². The first-order valence-electron chi connectivity index (χ1n) is 9.34. The standard InChI is InChI=1S/C20H25ClN2O3/c1-13-15(16-12-14(21)6-7-17(16)22-13)8-11-23-18(24)26-20(19(23,2)25)9-4-3-5-10-20/h6-7,12,22,25H,3-5,8-11H2,1-2H3. The van der Waals surface area contributed by atoms with Crippen LogP contribution >= 0.6 is 11.6 Å². The van der Waals surface area contributed by atoms with Gasteiger partial charge in [0.2, 0.25) is 0 Å². The molecule has 26 heavy (non-hydrogen) atoms. The maximum atomic E-state index is 12.5. The van der Waals surface area contributed by atoms with Crippen LogP contribution in [0.2, 0.25) is 5.02 Å². The second-order valence-corrected chi connectivity index (χ2v) is 8.20. The molecule has 2 fully saturated rings. The number of aliphatic hydroxyl groups is 1. The van der Waals surface area contributed by atoms with Gasteiger partial charge in [0.25, 0.3) is 0 Å². The second-order valence-electron chi connectivity index (χ2n) is 7.76. The summed E-state index contributed by atoms with van der Waals surface area (Å²) in [5.41, 5.74) is 1.17. The minimum Gasteiger partial charge on any atom is -0.438 e. The van der Waals surface area contributed by atoms with Crippen LogP contribution in [0.4, 0.5) is 4.79 Å². The molecule has 1 amide bonds. The van der Waals surface area contributed by atoms with E-state index in [4.69, 9.17) is 16.3 Å². The molecular weight excluding hydrogens is 352 g/mol. The van der Waals surface area contributed by atoms with Crippen molar-refractivity contribution in [3.63, 3.8) is 0 Å². The number of nitrogens with zero attached hydrogens (tertiary/aromatic N) is 1. The lowest BCUT2D eigenvalue weighted by Crippen LogP contribution is -2.57. The fraction of sp³-hybridized carbons (Fsp3) is 0.550. The van der Waals surface area contributed by atoms with Crippen LogP contribution in [0.25, 0.3) is 10.9 Å². The third-order valence-corrected chi connectivity index (χ3v) is 6.46. The molecule has 0 bridgehead atoms. The van der Waals surface area contributed by atoms with Crippen molar-refractivity contribution in [3.05, 3.63) is 34.5 Å². The molecule has 4 rings (SSSR count). The zero-order chi connectivity index (χ0) is 18.5. The van der Waals surface area contributed by atoms with Crippen molar-refractivity contribution in [2.24, 2.45) is 0 Å². The number of benzene rings is 1. The fourth-order valence-corrected chi connectivity index (χ4v) is 4.82. The Hall–Kier alpha value is -1.72. The first-order chi connectivity index (χ1) is 12.3. The van der Waals surface area contributed by atoms with E-state index in [0.29, 0.717) is 18.0 Å². The normalized spacial score (nSPS) is 25.2. The van der Waals surface area contributed by atoms with Crippen molar-refractivity contribution >= 4 is 28.6 Å². The van der Waals surface area contributed by atoms with Crippen LogP contribution in [0.1, 0.15) is 50.3 Å². The Morgan fingerprint density at radius 2 is 2.04 bits per heavy atom. The van der Waals surface area contributed by atoms with Crippen molar-refractivity contribution in [1.29, 1.82) is 0 Å². The summed E-state index contributed by atoms with van der Waals surface area (Å²) in [6.45, 7) is 4.16. The van der Waals surface area contributed by atoms with Gasteiger partial charge in [-0.2, -0.15) is 0 Å². The maximum Gasteiger partial charge on any atom is 0.412 e. The van der Waals surface area contributed by atoms with Crippen LogP contribution in [-0.4, -0.2) is 39.0 Å². The molecule has 0 radical (unpaired) electrons. The maximum absolute atomic E-state index is 12.5. The highest BCUT2D eigenvalue weighted by atomic mass is 35.5. The first-order valence-corrected chi connectivity index (χ1v) is 9.72. The first kappa shape index (κ1) is 17.7. The van der Waals surface area contributed by atoms with Gasteiger partial charge in [-0.3, -0.25) is 4.90 Å². The molecule has 1 unspecified atom stereocenters. The quantitative estimate of drug-likeness (QED) is 0.826. The van der Waals surface area contributed by atoms with Crippen LogP contribution in [0, 0.1) is 6.92 Å². The number of aryl methyl sites for hydroxylation is 1. The van der Waals surface area contributed by atoms with Gasteiger partial charge in [-0.1, -0.05) is 18.0 Å². The van der Waals surface area contributed by atoms with Crippen molar-refractivity contribution < 1.29 is 14.6 Å². The van der Waals surface area contributed by atoms with Gasteiger partial charge < -0.3 is 14.8 Å². The third kappa shape index (κ3) is 2.60. The topological polar surface area (TPSA) is 65.6 Å². The number of halogens is 1. The summed E-state index contributed by atoms with van der Waals surface area (Å²) in [6.07, 6.45) is 4.77. The molecule has 1 saturated carbocycles. The predicted octanol–water partition coefficient (Wildman–Crippen LogP) is 4.54. The lowest BCUT2D eigenvalue weighted by Gasteiger charge is -2.42. The molecule has 1 aliphatic heterocycles. The zero-order valence-electron chi connectivity index (χ0n) is 15.3. The highest BCUT2D eigenvalue weighted by Gasteiger charge is 2.61. The van der Waals surface area contributed by atoms with E-state index in [-0.39, 0.29) is 0 Å². The molecule has 2 aromatic rings. The lowest BCUT2D eigenvalue weighted by atomic mass is 9.77. The molecule has 5 nitrogen and oxygen atoms in total. The van der Waals surface area contributed by atoms with Crippen molar-refractivity contribution in [2.45, 2.75) is 63.7 Å². The lowest BCUT2D eigenvalue weighted by molar-refractivity contribution is -0.158. The SMILES string of the molecule is Cc1[nH]c2ccc(Cl)cc2c1CCN1C(=O)OC2(CCCCC2)C1(C)O. The number of aromatic amines is 1.